The molecule has 1 saturated carbocycles. The molecular formula is C10H20O. The van der Waals surface area contributed by atoms with Crippen LogP contribution in [-0.2, 0) is 4.74 Å². The van der Waals surface area contributed by atoms with E-state index in [1.54, 1.807) is 0 Å². The molecule has 1 nitrogen and oxygen atoms in total. The quantitative estimate of drug-likeness (QED) is 0.608. The van der Waals surface area contributed by atoms with Crippen molar-refractivity contribution in [3.63, 3.8) is 0 Å². The summed E-state index contributed by atoms with van der Waals surface area (Å²) in [5.41, 5.74) is 0. The van der Waals surface area contributed by atoms with Gasteiger partial charge in [-0.05, 0) is 24.7 Å². The molecule has 0 bridgehead atoms. The molecule has 0 spiro atoms. The van der Waals surface area contributed by atoms with Gasteiger partial charge in [0.15, 0.2) is 0 Å². The number of rotatable bonds is 4. The third-order valence-corrected chi connectivity index (χ3v) is 3.09. The highest BCUT2D eigenvalue weighted by atomic mass is 16.5. The summed E-state index contributed by atoms with van der Waals surface area (Å²) in [5.74, 6) is 1.61. The maximum absolute atomic E-state index is 5.51. The van der Waals surface area contributed by atoms with Gasteiger partial charge in [-0.3, -0.25) is 0 Å². The first kappa shape index (κ1) is 9.05. The van der Waals surface area contributed by atoms with Gasteiger partial charge < -0.3 is 4.74 Å². The summed E-state index contributed by atoms with van der Waals surface area (Å²) < 4.78 is 5.51. The van der Waals surface area contributed by atoms with Crippen molar-refractivity contribution in [3.8, 4) is 0 Å². The van der Waals surface area contributed by atoms with Crippen LogP contribution >= 0.6 is 0 Å². The number of hydrogen-bond donors (Lipinski definition) is 0. The topological polar surface area (TPSA) is 9.23 Å². The molecule has 11 heavy (non-hydrogen) atoms. The van der Waals surface area contributed by atoms with Crippen molar-refractivity contribution in [2.24, 2.45) is 11.8 Å². The van der Waals surface area contributed by atoms with E-state index in [1.807, 2.05) is 7.11 Å². The van der Waals surface area contributed by atoms with Gasteiger partial charge in [-0.2, -0.15) is 0 Å². The van der Waals surface area contributed by atoms with Crippen LogP contribution in [0.2, 0.25) is 0 Å². The SMILES string of the molecule is CCC(C)C(OC)C1CCC1. The van der Waals surface area contributed by atoms with Crippen LogP contribution in [0.5, 0.6) is 0 Å². The van der Waals surface area contributed by atoms with Crippen molar-refractivity contribution in [2.75, 3.05) is 7.11 Å². The van der Waals surface area contributed by atoms with Crippen molar-refractivity contribution in [1.82, 2.24) is 0 Å². The summed E-state index contributed by atoms with van der Waals surface area (Å²) in [6.45, 7) is 4.54. The fraction of sp³-hybridized carbons (Fsp3) is 1.00. The lowest BCUT2D eigenvalue weighted by Crippen LogP contribution is -2.33. The molecular weight excluding hydrogens is 136 g/mol. The van der Waals surface area contributed by atoms with Crippen LogP contribution in [0, 0.1) is 11.8 Å². The second kappa shape index (κ2) is 4.10. The zero-order valence-corrected chi connectivity index (χ0v) is 7.97. The minimum Gasteiger partial charge on any atom is -0.381 e. The van der Waals surface area contributed by atoms with Gasteiger partial charge in [-0.25, -0.2) is 0 Å². The summed E-state index contributed by atoms with van der Waals surface area (Å²) in [6.07, 6.45) is 5.98. The maximum Gasteiger partial charge on any atom is 0.0624 e. The van der Waals surface area contributed by atoms with E-state index in [0.717, 1.165) is 11.8 Å². The fourth-order valence-corrected chi connectivity index (χ4v) is 1.89. The largest absolute Gasteiger partial charge is 0.381 e. The molecule has 0 amide bonds. The number of hydrogen-bond acceptors (Lipinski definition) is 1. The van der Waals surface area contributed by atoms with E-state index < -0.39 is 0 Å². The Morgan fingerprint density at radius 3 is 2.36 bits per heavy atom. The molecule has 2 unspecified atom stereocenters. The van der Waals surface area contributed by atoms with E-state index in [1.165, 1.54) is 25.7 Å². The lowest BCUT2D eigenvalue weighted by Gasteiger charge is -2.36. The summed E-state index contributed by atoms with van der Waals surface area (Å²) in [4.78, 5) is 0. The normalized spacial score (nSPS) is 24.3. The second-order valence-electron chi connectivity index (χ2n) is 3.78. The van der Waals surface area contributed by atoms with E-state index in [9.17, 15) is 0 Å². The molecule has 0 aliphatic heterocycles. The van der Waals surface area contributed by atoms with Crippen LogP contribution in [0.3, 0.4) is 0 Å². The first-order valence-corrected chi connectivity index (χ1v) is 4.82. The average Bonchev–Trinajstić information content (AvgIpc) is 1.94. The Morgan fingerprint density at radius 2 is 2.09 bits per heavy atom. The third kappa shape index (κ3) is 1.96. The fourth-order valence-electron chi connectivity index (χ4n) is 1.89. The molecule has 1 heteroatoms. The predicted octanol–water partition coefficient (Wildman–Crippen LogP) is 2.85. The summed E-state index contributed by atoms with van der Waals surface area (Å²) in [5, 5.41) is 0. The molecule has 0 aromatic rings. The highest BCUT2D eigenvalue weighted by Crippen LogP contribution is 2.34. The van der Waals surface area contributed by atoms with Crippen LogP contribution in [-0.4, -0.2) is 13.2 Å². The minimum absolute atomic E-state index is 0.536. The van der Waals surface area contributed by atoms with Gasteiger partial charge in [0, 0.05) is 7.11 Å². The Hall–Kier alpha value is -0.0400. The number of methoxy groups -OCH3 is 1. The van der Waals surface area contributed by atoms with Crippen LogP contribution in [0.1, 0.15) is 39.5 Å². The second-order valence-corrected chi connectivity index (χ2v) is 3.78. The van der Waals surface area contributed by atoms with Crippen molar-refractivity contribution in [2.45, 2.75) is 45.6 Å². The van der Waals surface area contributed by atoms with Gasteiger partial charge in [0.05, 0.1) is 6.10 Å². The molecule has 1 rings (SSSR count). The van der Waals surface area contributed by atoms with Crippen LogP contribution in [0.25, 0.3) is 0 Å². The van der Waals surface area contributed by atoms with E-state index in [0.29, 0.717) is 6.10 Å². The molecule has 2 atom stereocenters. The summed E-state index contributed by atoms with van der Waals surface area (Å²) in [6, 6.07) is 0. The lowest BCUT2D eigenvalue weighted by molar-refractivity contribution is -0.0176. The van der Waals surface area contributed by atoms with Crippen molar-refractivity contribution >= 4 is 0 Å². The molecule has 66 valence electrons. The Bertz CT molecular complexity index is 103. The van der Waals surface area contributed by atoms with Crippen LogP contribution in [0.15, 0.2) is 0 Å². The Balaban J connectivity index is 2.34. The molecule has 1 aliphatic rings. The minimum atomic E-state index is 0.536. The molecule has 1 aliphatic carbocycles. The smallest absolute Gasteiger partial charge is 0.0624 e. The molecule has 0 aromatic carbocycles. The van der Waals surface area contributed by atoms with Crippen molar-refractivity contribution in [1.29, 1.82) is 0 Å². The van der Waals surface area contributed by atoms with Gasteiger partial charge in [-0.1, -0.05) is 26.7 Å². The van der Waals surface area contributed by atoms with Crippen molar-refractivity contribution < 1.29 is 4.74 Å². The lowest BCUT2D eigenvalue weighted by atomic mass is 9.76. The summed E-state index contributed by atoms with van der Waals surface area (Å²) in [7, 11) is 1.86. The predicted molar refractivity (Wildman–Crippen MR) is 47.6 cm³/mol. The van der Waals surface area contributed by atoms with E-state index in [-0.39, 0.29) is 0 Å². The zero-order valence-electron chi connectivity index (χ0n) is 7.97. The summed E-state index contributed by atoms with van der Waals surface area (Å²) >= 11 is 0. The standard InChI is InChI=1S/C10H20O/c1-4-8(2)10(11-3)9-6-5-7-9/h8-10H,4-7H2,1-3H3. The third-order valence-electron chi connectivity index (χ3n) is 3.09. The van der Waals surface area contributed by atoms with Gasteiger partial charge in [-0.15, -0.1) is 0 Å². The van der Waals surface area contributed by atoms with E-state index in [4.69, 9.17) is 4.74 Å². The average molecular weight is 156 g/mol. The van der Waals surface area contributed by atoms with Gasteiger partial charge in [0.2, 0.25) is 0 Å². The highest BCUT2D eigenvalue weighted by Gasteiger charge is 2.30. The maximum atomic E-state index is 5.51. The van der Waals surface area contributed by atoms with E-state index in [2.05, 4.69) is 13.8 Å². The van der Waals surface area contributed by atoms with Gasteiger partial charge in [0.25, 0.3) is 0 Å². The van der Waals surface area contributed by atoms with Gasteiger partial charge in [0.1, 0.15) is 0 Å². The van der Waals surface area contributed by atoms with Crippen LogP contribution < -0.4 is 0 Å². The Labute approximate surface area is 70.1 Å². The first-order chi connectivity index (χ1) is 5.29. The molecule has 0 radical (unpaired) electrons. The van der Waals surface area contributed by atoms with Crippen molar-refractivity contribution in [3.05, 3.63) is 0 Å². The molecule has 0 aromatic heterocycles. The number of ether oxygens (including phenoxy) is 1. The highest BCUT2D eigenvalue weighted by molar-refractivity contribution is 4.80. The first-order valence-electron chi connectivity index (χ1n) is 4.82. The monoisotopic (exact) mass is 156 g/mol. The molecule has 1 fully saturated rings. The van der Waals surface area contributed by atoms with E-state index >= 15 is 0 Å². The molecule has 0 saturated heterocycles. The molecule has 0 heterocycles. The molecule has 0 N–H and O–H groups in total. The van der Waals surface area contributed by atoms with Gasteiger partial charge >= 0.3 is 0 Å². The zero-order chi connectivity index (χ0) is 8.27. The Kier molecular flexibility index (Phi) is 3.38. The Morgan fingerprint density at radius 1 is 1.45 bits per heavy atom. The van der Waals surface area contributed by atoms with Crippen LogP contribution in [0.4, 0.5) is 0 Å².